The van der Waals surface area contributed by atoms with Crippen LogP contribution in [0.5, 0.6) is 0 Å². The van der Waals surface area contributed by atoms with Crippen LogP contribution in [0, 0.1) is 0 Å². The smallest absolute Gasteiger partial charge is 0.323 e. The highest BCUT2D eigenvalue weighted by Crippen LogP contribution is 2.14. The second-order valence-electron chi connectivity index (χ2n) is 5.54. The Labute approximate surface area is 123 Å². The van der Waals surface area contributed by atoms with Crippen molar-refractivity contribution in [3.8, 4) is 0 Å². The van der Waals surface area contributed by atoms with E-state index < -0.39 is 24.1 Å². The van der Waals surface area contributed by atoms with Gasteiger partial charge in [0.15, 0.2) is 0 Å². The first-order chi connectivity index (χ1) is 9.54. The molecule has 0 bridgehead atoms. The molecule has 0 fully saturated rings. The van der Waals surface area contributed by atoms with Gasteiger partial charge in [0.2, 0.25) is 0 Å². The monoisotopic (exact) mass is 298 g/mol. The molecule has 1 aromatic carbocycles. The molecule has 2 atom stereocenters. The third-order valence-corrected chi connectivity index (χ3v) is 2.37. The lowest BCUT2D eigenvalue weighted by atomic mass is 10.0. The van der Waals surface area contributed by atoms with Crippen LogP contribution in [-0.2, 0) is 9.59 Å². The number of nitrogens with two attached hydrogens (primary N) is 1. The summed E-state index contributed by atoms with van der Waals surface area (Å²) in [6.07, 6.45) is -1.15. The van der Waals surface area contributed by atoms with Gasteiger partial charge in [-0.1, -0.05) is 30.3 Å². The molecule has 0 saturated carbocycles. The lowest BCUT2D eigenvalue weighted by Crippen LogP contribution is -2.45. The van der Waals surface area contributed by atoms with E-state index in [4.69, 9.17) is 10.8 Å². The Morgan fingerprint density at radius 2 is 1.71 bits per heavy atom. The highest BCUT2D eigenvalue weighted by Gasteiger charge is 2.22. The summed E-state index contributed by atoms with van der Waals surface area (Å²) >= 11 is 0. The van der Waals surface area contributed by atoms with Gasteiger partial charge in [0, 0.05) is 0 Å². The SMILES string of the molecule is C[N+](C)(C)CC(=O)[O-].NC(C(=O)O)C(O)c1ccccc1. The predicted molar refractivity (Wildman–Crippen MR) is 74.9 cm³/mol. The average Bonchev–Trinajstić information content (AvgIpc) is 2.35. The number of carbonyl (C=O) groups is 2. The highest BCUT2D eigenvalue weighted by atomic mass is 16.4. The number of aliphatic hydroxyl groups is 1. The molecule has 0 saturated heterocycles. The zero-order valence-corrected chi connectivity index (χ0v) is 12.4. The summed E-state index contributed by atoms with van der Waals surface area (Å²) in [4.78, 5) is 20.3. The van der Waals surface area contributed by atoms with Crippen molar-refractivity contribution in [2.75, 3.05) is 27.7 Å². The van der Waals surface area contributed by atoms with Crippen LogP contribution in [-0.4, -0.2) is 60.4 Å². The third kappa shape index (κ3) is 8.74. The zero-order valence-electron chi connectivity index (χ0n) is 12.4. The maximum Gasteiger partial charge on any atom is 0.323 e. The van der Waals surface area contributed by atoms with Gasteiger partial charge >= 0.3 is 5.97 Å². The molecule has 21 heavy (non-hydrogen) atoms. The first kappa shape index (κ1) is 19.0. The third-order valence-electron chi connectivity index (χ3n) is 2.37. The van der Waals surface area contributed by atoms with Crippen LogP contribution in [0.15, 0.2) is 30.3 Å². The summed E-state index contributed by atoms with van der Waals surface area (Å²) in [6, 6.07) is 7.20. The van der Waals surface area contributed by atoms with E-state index in [2.05, 4.69) is 0 Å². The number of carboxylic acid groups (broad SMARTS) is 2. The zero-order chi connectivity index (χ0) is 16.6. The minimum atomic E-state index is -1.28. The minimum absolute atomic E-state index is 0.0694. The normalized spacial score (nSPS) is 13.6. The fourth-order valence-electron chi connectivity index (χ4n) is 1.38. The number of carbonyl (C=O) groups excluding carboxylic acids is 1. The highest BCUT2D eigenvalue weighted by molar-refractivity contribution is 5.74. The molecule has 2 unspecified atom stereocenters. The number of hydrogen-bond acceptors (Lipinski definition) is 5. The van der Waals surface area contributed by atoms with Gasteiger partial charge in [0.05, 0.1) is 27.1 Å². The second kappa shape index (κ2) is 8.35. The number of quaternary nitrogens is 1. The molecule has 0 spiro atoms. The number of carboxylic acids is 2. The fourth-order valence-corrected chi connectivity index (χ4v) is 1.38. The summed E-state index contributed by atoms with van der Waals surface area (Å²) in [5.41, 5.74) is 5.75. The van der Waals surface area contributed by atoms with Crippen LogP contribution < -0.4 is 10.8 Å². The number of likely N-dealkylation sites (N-methyl/N-ethyl adjacent to an activating group) is 1. The molecule has 0 heterocycles. The van der Waals surface area contributed by atoms with Crippen molar-refractivity contribution in [1.29, 1.82) is 0 Å². The van der Waals surface area contributed by atoms with E-state index in [1.54, 1.807) is 51.5 Å². The van der Waals surface area contributed by atoms with Crippen LogP contribution in [0.2, 0.25) is 0 Å². The molecule has 0 aliphatic rings. The van der Waals surface area contributed by atoms with Crippen LogP contribution in [0.1, 0.15) is 11.7 Å². The minimum Gasteiger partial charge on any atom is -0.544 e. The van der Waals surface area contributed by atoms with Gasteiger partial charge in [0.25, 0.3) is 0 Å². The van der Waals surface area contributed by atoms with Gasteiger partial charge < -0.3 is 30.3 Å². The summed E-state index contributed by atoms with van der Waals surface area (Å²) in [6.45, 7) is 0.0694. The van der Waals surface area contributed by atoms with Gasteiger partial charge in [-0.2, -0.15) is 0 Å². The Morgan fingerprint density at radius 3 is 2.00 bits per heavy atom. The van der Waals surface area contributed by atoms with E-state index in [0.717, 1.165) is 0 Å². The van der Waals surface area contributed by atoms with E-state index in [0.29, 0.717) is 10.0 Å². The summed E-state index contributed by atoms with van der Waals surface area (Å²) < 4.78 is 0.419. The van der Waals surface area contributed by atoms with E-state index >= 15 is 0 Å². The Balaban J connectivity index is 0.000000433. The lowest BCUT2D eigenvalue weighted by Gasteiger charge is -2.23. The van der Waals surface area contributed by atoms with Gasteiger partial charge in [-0.25, -0.2) is 0 Å². The second-order valence-corrected chi connectivity index (χ2v) is 5.54. The van der Waals surface area contributed by atoms with Gasteiger partial charge in [-0.3, -0.25) is 4.79 Å². The van der Waals surface area contributed by atoms with Crippen molar-refractivity contribution in [2.45, 2.75) is 12.1 Å². The summed E-state index contributed by atoms with van der Waals surface area (Å²) in [5, 5.41) is 27.9. The van der Waals surface area contributed by atoms with Gasteiger partial charge in [0.1, 0.15) is 18.7 Å². The maximum absolute atomic E-state index is 10.4. The predicted octanol–water partition coefficient (Wildman–Crippen LogP) is -1.43. The van der Waals surface area contributed by atoms with E-state index in [9.17, 15) is 19.8 Å². The molecule has 0 aromatic heterocycles. The Bertz CT molecular complexity index is 456. The van der Waals surface area contributed by atoms with Crippen molar-refractivity contribution in [3.05, 3.63) is 35.9 Å². The average molecular weight is 298 g/mol. The van der Waals surface area contributed by atoms with Crippen LogP contribution in [0.4, 0.5) is 0 Å². The topological polar surface area (TPSA) is 124 Å². The number of rotatable bonds is 5. The fraction of sp³-hybridized carbons (Fsp3) is 0.429. The molecule has 0 aliphatic carbocycles. The van der Waals surface area contributed by atoms with Crippen LogP contribution in [0.25, 0.3) is 0 Å². The molecule has 0 radical (unpaired) electrons. The molecular weight excluding hydrogens is 276 g/mol. The number of hydrogen-bond donors (Lipinski definition) is 3. The summed E-state index contributed by atoms with van der Waals surface area (Å²) in [7, 11) is 5.40. The van der Waals surface area contributed by atoms with Crippen molar-refractivity contribution >= 4 is 11.9 Å². The molecule has 1 rings (SSSR count). The molecular formula is C14H22N2O5. The largest absolute Gasteiger partial charge is 0.544 e. The lowest BCUT2D eigenvalue weighted by molar-refractivity contribution is -0.864. The first-order valence-corrected chi connectivity index (χ1v) is 6.26. The van der Waals surface area contributed by atoms with Crippen LogP contribution >= 0.6 is 0 Å². The number of aliphatic carboxylic acids is 2. The van der Waals surface area contributed by atoms with Crippen molar-refractivity contribution in [2.24, 2.45) is 5.73 Å². The molecule has 7 heteroatoms. The first-order valence-electron chi connectivity index (χ1n) is 6.26. The van der Waals surface area contributed by atoms with Crippen LogP contribution in [0.3, 0.4) is 0 Å². The molecule has 7 nitrogen and oxygen atoms in total. The van der Waals surface area contributed by atoms with Crippen molar-refractivity contribution < 1.29 is 29.4 Å². The number of benzene rings is 1. The van der Waals surface area contributed by atoms with E-state index in [-0.39, 0.29) is 6.54 Å². The van der Waals surface area contributed by atoms with E-state index in [1.165, 1.54) is 0 Å². The molecule has 1 aromatic rings. The Kier molecular flexibility index (Phi) is 7.57. The summed E-state index contributed by atoms with van der Waals surface area (Å²) in [5.74, 6) is -2.21. The molecule has 0 amide bonds. The van der Waals surface area contributed by atoms with Crippen molar-refractivity contribution in [1.82, 2.24) is 0 Å². The van der Waals surface area contributed by atoms with Crippen molar-refractivity contribution in [3.63, 3.8) is 0 Å². The Hall–Kier alpha value is -1.96. The Morgan fingerprint density at radius 1 is 1.24 bits per heavy atom. The maximum atomic E-state index is 10.4. The van der Waals surface area contributed by atoms with Gasteiger partial charge in [-0.15, -0.1) is 0 Å². The quantitative estimate of drug-likeness (QED) is 0.573. The van der Waals surface area contributed by atoms with E-state index in [1.807, 2.05) is 0 Å². The molecule has 4 N–H and O–H groups in total. The molecule has 118 valence electrons. The van der Waals surface area contributed by atoms with Gasteiger partial charge in [-0.05, 0) is 5.56 Å². The number of aliphatic hydroxyl groups excluding tert-OH is 1. The standard InChI is InChI=1S/C9H11NO3.C5H11NO2/c10-7(9(12)13)8(11)6-4-2-1-3-5-6;1-6(2,3)4-5(7)8/h1-5,7-8,11H,10H2,(H,12,13);4H2,1-3H3. The number of nitrogens with zero attached hydrogens (tertiary/aromatic N) is 1. The molecule has 0 aliphatic heterocycles.